The maximum absolute atomic E-state index is 10.6. The number of non-ortho nitro benzene ring substituents is 1. The fraction of sp³-hybridized carbons (Fsp3) is 0.278. The van der Waals surface area contributed by atoms with Gasteiger partial charge < -0.3 is 16.0 Å². The molecule has 0 aliphatic heterocycles. The van der Waals surface area contributed by atoms with E-state index in [1.165, 1.54) is 17.7 Å². The van der Waals surface area contributed by atoms with Gasteiger partial charge in [0.25, 0.3) is 5.69 Å². The van der Waals surface area contributed by atoms with E-state index < -0.39 is 4.92 Å². The lowest BCUT2D eigenvalue weighted by Gasteiger charge is -2.12. The first-order chi connectivity index (χ1) is 12.0. The van der Waals surface area contributed by atoms with Crippen LogP contribution >= 0.6 is 12.2 Å². The van der Waals surface area contributed by atoms with Crippen LogP contribution in [0.2, 0.25) is 0 Å². The van der Waals surface area contributed by atoms with Gasteiger partial charge in [-0.3, -0.25) is 10.1 Å². The van der Waals surface area contributed by atoms with Crippen LogP contribution in [-0.4, -0.2) is 23.1 Å². The summed E-state index contributed by atoms with van der Waals surface area (Å²) in [5.41, 5.74) is 3.15. The van der Waals surface area contributed by atoms with E-state index in [0.717, 1.165) is 11.4 Å². The zero-order valence-corrected chi connectivity index (χ0v) is 15.1. The number of hydrogen-bond donors (Lipinski definition) is 3. The smallest absolute Gasteiger partial charge is 0.269 e. The first-order valence-corrected chi connectivity index (χ1v) is 8.49. The zero-order valence-electron chi connectivity index (χ0n) is 14.3. The second-order valence-electron chi connectivity index (χ2n) is 5.89. The standard InChI is InChI=1S/C18H22N4O2S/c1-13(2)14-3-5-16(6-4-14)21-18(25)20-12-11-19-15-7-9-17(10-8-15)22(23)24/h3-10,13,19H,11-12H2,1-2H3,(H2,20,21,25). The normalized spacial score (nSPS) is 10.4. The molecule has 7 heteroatoms. The predicted molar refractivity (Wildman–Crippen MR) is 106 cm³/mol. The Hall–Kier alpha value is -2.67. The van der Waals surface area contributed by atoms with Gasteiger partial charge in [-0.05, 0) is 48.0 Å². The molecule has 0 aliphatic carbocycles. The predicted octanol–water partition coefficient (Wildman–Crippen LogP) is 4.12. The van der Waals surface area contributed by atoms with Crippen LogP contribution in [0.15, 0.2) is 48.5 Å². The van der Waals surface area contributed by atoms with Crippen molar-refractivity contribution >= 4 is 34.4 Å². The van der Waals surface area contributed by atoms with E-state index in [4.69, 9.17) is 12.2 Å². The van der Waals surface area contributed by atoms with Crippen LogP contribution in [0.3, 0.4) is 0 Å². The number of nitrogens with zero attached hydrogens (tertiary/aromatic N) is 1. The van der Waals surface area contributed by atoms with Crippen molar-refractivity contribution < 1.29 is 4.92 Å². The summed E-state index contributed by atoms with van der Waals surface area (Å²) in [5, 5.41) is 20.6. The molecule has 6 nitrogen and oxygen atoms in total. The Bertz CT molecular complexity index is 715. The first kappa shape index (κ1) is 18.7. The molecule has 132 valence electrons. The Morgan fingerprint density at radius 1 is 1.04 bits per heavy atom. The van der Waals surface area contributed by atoms with Gasteiger partial charge in [0, 0.05) is 36.6 Å². The van der Waals surface area contributed by atoms with E-state index >= 15 is 0 Å². The Morgan fingerprint density at radius 2 is 1.64 bits per heavy atom. The third-order valence-electron chi connectivity index (χ3n) is 3.65. The Balaban J connectivity index is 1.70. The third-order valence-corrected chi connectivity index (χ3v) is 3.90. The van der Waals surface area contributed by atoms with Gasteiger partial charge in [-0.2, -0.15) is 0 Å². The Kier molecular flexibility index (Phi) is 6.71. The van der Waals surface area contributed by atoms with Gasteiger partial charge in [0.2, 0.25) is 0 Å². The third kappa shape index (κ3) is 6.04. The van der Waals surface area contributed by atoms with E-state index in [0.29, 0.717) is 24.1 Å². The minimum atomic E-state index is -0.414. The molecular weight excluding hydrogens is 336 g/mol. The zero-order chi connectivity index (χ0) is 18.2. The van der Waals surface area contributed by atoms with E-state index in [-0.39, 0.29) is 5.69 Å². The lowest BCUT2D eigenvalue weighted by atomic mass is 10.0. The van der Waals surface area contributed by atoms with Crippen molar-refractivity contribution in [2.75, 3.05) is 23.7 Å². The minimum absolute atomic E-state index is 0.0811. The minimum Gasteiger partial charge on any atom is -0.383 e. The van der Waals surface area contributed by atoms with Crippen LogP contribution in [0.4, 0.5) is 17.1 Å². The quantitative estimate of drug-likeness (QED) is 0.299. The maximum atomic E-state index is 10.6. The van der Waals surface area contributed by atoms with Crippen molar-refractivity contribution in [1.29, 1.82) is 0 Å². The number of thiocarbonyl (C=S) groups is 1. The molecule has 3 N–H and O–H groups in total. The number of nitro groups is 1. The summed E-state index contributed by atoms with van der Waals surface area (Å²) < 4.78 is 0. The second kappa shape index (κ2) is 8.98. The molecular formula is C18H22N4O2S. The summed E-state index contributed by atoms with van der Waals surface area (Å²) in [5.74, 6) is 0.504. The Labute approximate surface area is 152 Å². The van der Waals surface area contributed by atoms with Crippen molar-refractivity contribution in [3.8, 4) is 0 Å². The fourth-order valence-electron chi connectivity index (χ4n) is 2.21. The van der Waals surface area contributed by atoms with Crippen molar-refractivity contribution in [3.05, 3.63) is 64.2 Å². The summed E-state index contributed by atoms with van der Waals surface area (Å²) in [6.07, 6.45) is 0. The average molecular weight is 358 g/mol. The molecule has 0 atom stereocenters. The molecule has 0 saturated heterocycles. The molecule has 2 rings (SSSR count). The summed E-state index contributed by atoms with van der Waals surface area (Å²) in [6, 6.07) is 14.5. The van der Waals surface area contributed by atoms with Gasteiger partial charge in [0.1, 0.15) is 0 Å². The summed E-state index contributed by atoms with van der Waals surface area (Å²) >= 11 is 5.27. The molecule has 2 aromatic rings. The fourth-order valence-corrected chi connectivity index (χ4v) is 2.43. The molecule has 0 aromatic heterocycles. The average Bonchev–Trinajstić information content (AvgIpc) is 2.59. The van der Waals surface area contributed by atoms with Crippen LogP contribution in [0.25, 0.3) is 0 Å². The van der Waals surface area contributed by atoms with E-state index in [1.54, 1.807) is 12.1 Å². The van der Waals surface area contributed by atoms with Gasteiger partial charge in [-0.1, -0.05) is 26.0 Å². The second-order valence-corrected chi connectivity index (χ2v) is 6.30. The number of hydrogen-bond acceptors (Lipinski definition) is 4. The molecule has 2 aromatic carbocycles. The molecule has 0 amide bonds. The van der Waals surface area contributed by atoms with E-state index in [2.05, 4.69) is 41.9 Å². The number of nitro benzene ring substituents is 1. The van der Waals surface area contributed by atoms with E-state index in [9.17, 15) is 10.1 Å². The van der Waals surface area contributed by atoms with Gasteiger partial charge in [0.05, 0.1) is 4.92 Å². The molecule has 0 heterocycles. The van der Waals surface area contributed by atoms with Crippen molar-refractivity contribution in [1.82, 2.24) is 5.32 Å². The highest BCUT2D eigenvalue weighted by Gasteiger charge is 2.03. The highest BCUT2D eigenvalue weighted by molar-refractivity contribution is 7.80. The molecule has 0 unspecified atom stereocenters. The molecule has 0 saturated carbocycles. The molecule has 0 radical (unpaired) electrons. The van der Waals surface area contributed by atoms with Crippen LogP contribution in [-0.2, 0) is 0 Å². The summed E-state index contributed by atoms with van der Waals surface area (Å²) in [4.78, 5) is 10.2. The maximum Gasteiger partial charge on any atom is 0.269 e. The topological polar surface area (TPSA) is 79.2 Å². The highest BCUT2D eigenvalue weighted by atomic mass is 32.1. The SMILES string of the molecule is CC(C)c1ccc(NC(=S)NCCNc2ccc([N+](=O)[O-])cc2)cc1. The number of benzene rings is 2. The van der Waals surface area contributed by atoms with Crippen LogP contribution < -0.4 is 16.0 Å². The van der Waals surface area contributed by atoms with Gasteiger partial charge >= 0.3 is 0 Å². The van der Waals surface area contributed by atoms with Gasteiger partial charge in [-0.15, -0.1) is 0 Å². The summed E-state index contributed by atoms with van der Waals surface area (Å²) in [6.45, 7) is 5.60. The van der Waals surface area contributed by atoms with Crippen LogP contribution in [0, 0.1) is 10.1 Å². The Morgan fingerprint density at radius 3 is 2.20 bits per heavy atom. The lowest BCUT2D eigenvalue weighted by Crippen LogP contribution is -2.32. The molecule has 0 fully saturated rings. The monoisotopic (exact) mass is 358 g/mol. The first-order valence-electron chi connectivity index (χ1n) is 8.09. The van der Waals surface area contributed by atoms with Crippen molar-refractivity contribution in [2.45, 2.75) is 19.8 Å². The molecule has 0 bridgehead atoms. The highest BCUT2D eigenvalue weighted by Crippen LogP contribution is 2.17. The van der Waals surface area contributed by atoms with Crippen LogP contribution in [0.1, 0.15) is 25.3 Å². The van der Waals surface area contributed by atoms with E-state index in [1.807, 2.05) is 12.1 Å². The molecule has 0 aliphatic rings. The largest absolute Gasteiger partial charge is 0.383 e. The van der Waals surface area contributed by atoms with Gasteiger partial charge in [-0.25, -0.2) is 0 Å². The number of anilines is 2. The van der Waals surface area contributed by atoms with Crippen molar-refractivity contribution in [3.63, 3.8) is 0 Å². The number of nitrogens with one attached hydrogen (secondary N) is 3. The molecule has 0 spiro atoms. The van der Waals surface area contributed by atoms with Gasteiger partial charge in [0.15, 0.2) is 5.11 Å². The number of rotatable bonds is 7. The summed E-state index contributed by atoms with van der Waals surface area (Å²) in [7, 11) is 0. The van der Waals surface area contributed by atoms with Crippen LogP contribution in [0.5, 0.6) is 0 Å². The molecule has 25 heavy (non-hydrogen) atoms. The lowest BCUT2D eigenvalue weighted by molar-refractivity contribution is -0.384. The van der Waals surface area contributed by atoms with Crippen molar-refractivity contribution in [2.24, 2.45) is 0 Å².